The van der Waals surface area contributed by atoms with Crippen LogP contribution in [0.5, 0.6) is 0 Å². The van der Waals surface area contributed by atoms with Gasteiger partial charge in [-0.3, -0.25) is 15.7 Å². The molecule has 0 radical (unpaired) electrons. The van der Waals surface area contributed by atoms with Gasteiger partial charge in [0.25, 0.3) is 0 Å². The molecule has 5 N–H and O–H groups in total. The van der Waals surface area contributed by atoms with Crippen molar-refractivity contribution in [3.63, 3.8) is 0 Å². The number of aryl methyl sites for hydroxylation is 1. The molecular formula is C22H29FN7O3Pd-. The molecule has 1 saturated heterocycles. The smallest absolute Gasteiger partial charge is 0.410 e. The largest absolute Gasteiger partial charge is 0.698 e. The minimum Gasteiger partial charge on any atom is -0.698 e. The topological polar surface area (TPSA) is 158 Å². The minimum absolute atomic E-state index is 0. The number of urea groups is 1. The molecule has 1 unspecified atom stereocenters. The maximum atomic E-state index is 12.7. The number of carbonyl (C=O) groups excluding carboxylic acids is 2. The van der Waals surface area contributed by atoms with Gasteiger partial charge in [0.1, 0.15) is 17.6 Å². The van der Waals surface area contributed by atoms with Crippen LogP contribution in [-0.2, 0) is 25.2 Å². The third kappa shape index (κ3) is 9.04. The number of carbonyl (C=O) groups is 2. The van der Waals surface area contributed by atoms with E-state index in [1.165, 1.54) is 17.2 Å². The number of halogens is 1. The van der Waals surface area contributed by atoms with Crippen LogP contribution in [0.3, 0.4) is 0 Å². The first-order chi connectivity index (χ1) is 15.4. The number of hydrogen-bond donors (Lipinski definition) is 3. The Labute approximate surface area is 211 Å². The summed E-state index contributed by atoms with van der Waals surface area (Å²) in [4.78, 5) is 31.5. The summed E-state index contributed by atoms with van der Waals surface area (Å²) < 4.78 is 17.8. The molecule has 3 amide bonds. The molecule has 0 spiro atoms. The summed E-state index contributed by atoms with van der Waals surface area (Å²) >= 11 is 0. The molecule has 1 fully saturated rings. The van der Waals surface area contributed by atoms with E-state index in [0.29, 0.717) is 24.1 Å². The second-order valence-corrected chi connectivity index (χ2v) is 8.48. The van der Waals surface area contributed by atoms with E-state index in [0.717, 1.165) is 5.69 Å². The molecule has 0 bridgehead atoms. The van der Waals surface area contributed by atoms with E-state index < -0.39 is 23.9 Å². The number of nitrogens with zero attached hydrogens (tertiary/aromatic N) is 3. The summed E-state index contributed by atoms with van der Waals surface area (Å²) in [6, 6.07) is 4.06. The van der Waals surface area contributed by atoms with Crippen LogP contribution in [0.2, 0.25) is 0 Å². The molecule has 1 atom stereocenters. The van der Waals surface area contributed by atoms with Crippen LogP contribution in [0.25, 0.3) is 5.73 Å². The Morgan fingerprint density at radius 2 is 2.00 bits per heavy atom. The van der Waals surface area contributed by atoms with Gasteiger partial charge in [0.2, 0.25) is 0 Å². The fourth-order valence-corrected chi connectivity index (χ4v) is 2.92. The van der Waals surface area contributed by atoms with Crippen molar-refractivity contribution in [3.05, 3.63) is 53.1 Å². The van der Waals surface area contributed by atoms with Crippen molar-refractivity contribution in [2.24, 2.45) is 5.73 Å². The first-order valence-corrected chi connectivity index (χ1v) is 10.3. The van der Waals surface area contributed by atoms with Crippen molar-refractivity contribution in [2.45, 2.75) is 45.9 Å². The zero-order valence-electron chi connectivity index (χ0n) is 19.4. The minimum atomic E-state index is -0.882. The van der Waals surface area contributed by atoms with Gasteiger partial charge in [0, 0.05) is 56.2 Å². The molecule has 3 heterocycles. The maximum absolute atomic E-state index is 12.7. The number of nitrogens with two attached hydrogens (primary N) is 1. The summed E-state index contributed by atoms with van der Waals surface area (Å²) in [5.74, 6) is 0.185. The van der Waals surface area contributed by atoms with Crippen LogP contribution in [0.4, 0.5) is 25.5 Å². The summed E-state index contributed by atoms with van der Waals surface area (Å²) in [6.07, 6.45) is 2.12. The number of hydrogen-bond acceptors (Lipinski definition) is 6. The SMILES string of the molecule is CC(C)(C)OC(=O)N1CCC(F)C1.Cc1cc(C(=N)c2cnc(NC(N)=O)cc2[NH-])ccn1.[Pd]. The van der Waals surface area contributed by atoms with E-state index in [1.54, 1.807) is 39.1 Å². The van der Waals surface area contributed by atoms with Crippen molar-refractivity contribution < 1.29 is 39.1 Å². The number of pyridine rings is 2. The number of amides is 3. The van der Waals surface area contributed by atoms with Gasteiger partial charge in [-0.15, -0.1) is 5.69 Å². The molecule has 0 saturated carbocycles. The van der Waals surface area contributed by atoms with Crippen LogP contribution in [0, 0.1) is 12.3 Å². The molecule has 0 aliphatic carbocycles. The Morgan fingerprint density at radius 3 is 2.50 bits per heavy atom. The Hall–Kier alpha value is -3.10. The number of ether oxygens (including phenoxy) is 1. The summed E-state index contributed by atoms with van der Waals surface area (Å²) in [5.41, 5.74) is 14.5. The number of likely N-dealkylation sites (tertiary alicyclic amines) is 1. The average Bonchev–Trinajstić information content (AvgIpc) is 3.13. The van der Waals surface area contributed by atoms with Gasteiger partial charge in [-0.05, 0) is 52.3 Å². The molecule has 188 valence electrons. The molecule has 12 heteroatoms. The van der Waals surface area contributed by atoms with Gasteiger partial charge >= 0.3 is 12.1 Å². The predicted octanol–water partition coefficient (Wildman–Crippen LogP) is 4.34. The Kier molecular flexibility index (Phi) is 10.5. The first-order valence-electron chi connectivity index (χ1n) is 10.3. The van der Waals surface area contributed by atoms with Gasteiger partial charge in [-0.25, -0.2) is 19.0 Å². The van der Waals surface area contributed by atoms with E-state index in [2.05, 4.69) is 15.3 Å². The van der Waals surface area contributed by atoms with Crippen molar-refractivity contribution in [1.29, 1.82) is 5.41 Å². The number of primary amides is 1. The van der Waals surface area contributed by atoms with Crippen molar-refractivity contribution in [3.8, 4) is 0 Å². The average molecular weight is 565 g/mol. The summed E-state index contributed by atoms with van der Waals surface area (Å²) in [6.45, 7) is 7.87. The molecule has 34 heavy (non-hydrogen) atoms. The zero-order chi connectivity index (χ0) is 24.8. The van der Waals surface area contributed by atoms with Gasteiger partial charge < -0.3 is 21.1 Å². The Morgan fingerprint density at radius 1 is 1.32 bits per heavy atom. The number of nitrogens with one attached hydrogen (secondary N) is 3. The van der Waals surface area contributed by atoms with Crippen LogP contribution in [-0.4, -0.2) is 57.6 Å². The van der Waals surface area contributed by atoms with Crippen LogP contribution >= 0.6 is 0 Å². The molecule has 3 rings (SSSR count). The number of alkyl halides is 1. The third-order valence-electron chi connectivity index (χ3n) is 4.39. The van der Waals surface area contributed by atoms with Crippen molar-refractivity contribution >= 4 is 29.3 Å². The number of aromatic nitrogens is 2. The molecule has 2 aromatic heterocycles. The van der Waals surface area contributed by atoms with Gasteiger partial charge in [0.05, 0.1) is 12.3 Å². The second kappa shape index (κ2) is 12.4. The fourth-order valence-electron chi connectivity index (χ4n) is 2.92. The zero-order valence-corrected chi connectivity index (χ0v) is 21.0. The predicted molar refractivity (Wildman–Crippen MR) is 124 cm³/mol. The van der Waals surface area contributed by atoms with Crippen LogP contribution < -0.4 is 11.1 Å². The van der Waals surface area contributed by atoms with E-state index >= 15 is 0 Å². The maximum Gasteiger partial charge on any atom is 0.410 e. The van der Waals surface area contributed by atoms with Crippen LogP contribution in [0.15, 0.2) is 30.6 Å². The first kappa shape index (κ1) is 28.9. The van der Waals surface area contributed by atoms with Gasteiger partial charge in [0.15, 0.2) is 0 Å². The molecular weight excluding hydrogens is 536 g/mol. The standard InChI is InChI=1S/C13H14N6O.C9H16FNO2.Pd/c1-7-4-8(2-3-17-7)12(15)9-6-18-11(5-10(9)14)19-13(16)20;1-9(2,3)13-8(12)11-5-4-7(10)6-11;/h2-6H,1H3,(H6,14,15,16,18,19,20);7H,4-6H2,1-3H3;/p-1. The normalized spacial score (nSPS) is 14.9. The molecule has 10 nitrogen and oxygen atoms in total. The monoisotopic (exact) mass is 564 g/mol. The molecule has 1 aliphatic heterocycles. The van der Waals surface area contributed by atoms with Crippen molar-refractivity contribution in [2.75, 3.05) is 18.4 Å². The quantitative estimate of drug-likeness (QED) is 0.373. The van der Waals surface area contributed by atoms with Gasteiger partial charge in [-0.1, -0.05) is 0 Å². The Balaban J connectivity index is 0.000000360. The molecule has 0 aromatic carbocycles. The summed E-state index contributed by atoms with van der Waals surface area (Å²) in [7, 11) is 0. The number of rotatable bonds is 3. The third-order valence-corrected chi connectivity index (χ3v) is 4.39. The van der Waals surface area contributed by atoms with Gasteiger partial charge in [-0.2, -0.15) is 0 Å². The second-order valence-electron chi connectivity index (χ2n) is 8.48. The van der Waals surface area contributed by atoms with Crippen molar-refractivity contribution in [1.82, 2.24) is 14.9 Å². The summed E-state index contributed by atoms with van der Waals surface area (Å²) in [5, 5.41) is 10.4. The molecule has 1 aliphatic rings. The van der Waals surface area contributed by atoms with E-state index in [1.807, 2.05) is 6.92 Å². The number of anilines is 1. The Bertz CT molecular complexity index is 1030. The van der Waals surface area contributed by atoms with E-state index in [9.17, 15) is 14.0 Å². The molecule has 2 aromatic rings. The van der Waals surface area contributed by atoms with Crippen LogP contribution in [0.1, 0.15) is 44.0 Å². The van der Waals surface area contributed by atoms with E-state index in [4.69, 9.17) is 21.6 Å². The van der Waals surface area contributed by atoms with E-state index in [-0.39, 0.29) is 44.2 Å². The fraction of sp³-hybridized carbons (Fsp3) is 0.409.